The van der Waals surface area contributed by atoms with Gasteiger partial charge in [-0.1, -0.05) is 46.3 Å². The van der Waals surface area contributed by atoms with Gasteiger partial charge in [0, 0.05) is 21.9 Å². The minimum Gasteiger partial charge on any atom is -0.384 e. The monoisotopic (exact) mass is 353 g/mol. The predicted molar refractivity (Wildman–Crippen MR) is 87.6 cm³/mol. The molecule has 0 aromatic heterocycles. The first-order valence-electron chi connectivity index (χ1n) is 6.45. The van der Waals surface area contributed by atoms with Gasteiger partial charge in [-0.2, -0.15) is 10.5 Å². The summed E-state index contributed by atoms with van der Waals surface area (Å²) in [5, 5.41) is 31.0. The van der Waals surface area contributed by atoms with Gasteiger partial charge >= 0.3 is 0 Å². The van der Waals surface area contributed by atoms with Gasteiger partial charge in [0.2, 0.25) is 0 Å². The lowest BCUT2D eigenvalue weighted by Crippen LogP contribution is -2.04. The summed E-state index contributed by atoms with van der Waals surface area (Å²) in [6, 6.07) is 18.2. The predicted octanol–water partition coefficient (Wildman–Crippen LogP) is 3.87. The Hall–Kier alpha value is -2.60. The SMILES string of the molecule is N#CC(C#N)=CNc1ccc(Br)cc1C(O)c1ccccc1. The fourth-order valence-corrected chi connectivity index (χ4v) is 2.32. The third kappa shape index (κ3) is 3.73. The van der Waals surface area contributed by atoms with Gasteiger partial charge < -0.3 is 10.4 Å². The van der Waals surface area contributed by atoms with E-state index in [9.17, 15) is 5.11 Å². The van der Waals surface area contributed by atoms with E-state index in [1.54, 1.807) is 24.3 Å². The van der Waals surface area contributed by atoms with E-state index < -0.39 is 6.10 Å². The lowest BCUT2D eigenvalue weighted by molar-refractivity contribution is 0.221. The Morgan fingerprint density at radius 1 is 1.14 bits per heavy atom. The summed E-state index contributed by atoms with van der Waals surface area (Å²) in [6.45, 7) is 0. The fraction of sp³-hybridized carbons (Fsp3) is 0.0588. The highest BCUT2D eigenvalue weighted by molar-refractivity contribution is 9.10. The maximum atomic E-state index is 10.6. The molecule has 2 aromatic carbocycles. The van der Waals surface area contributed by atoms with Crippen molar-refractivity contribution in [2.45, 2.75) is 6.10 Å². The molecule has 0 bridgehead atoms. The van der Waals surface area contributed by atoms with Crippen LogP contribution < -0.4 is 5.32 Å². The molecule has 2 N–H and O–H groups in total. The molecule has 0 radical (unpaired) electrons. The first-order chi connectivity index (χ1) is 10.7. The second-order valence-corrected chi connectivity index (χ2v) is 5.39. The van der Waals surface area contributed by atoms with Gasteiger partial charge in [0.25, 0.3) is 0 Å². The van der Waals surface area contributed by atoms with Crippen LogP contribution in [0.25, 0.3) is 0 Å². The van der Waals surface area contributed by atoms with Crippen LogP contribution in [0.4, 0.5) is 5.69 Å². The molecule has 0 heterocycles. The van der Waals surface area contributed by atoms with Crippen LogP contribution >= 0.6 is 15.9 Å². The number of halogens is 1. The summed E-state index contributed by atoms with van der Waals surface area (Å²) in [7, 11) is 0. The van der Waals surface area contributed by atoms with Gasteiger partial charge in [-0.05, 0) is 23.8 Å². The molecule has 0 saturated carbocycles. The number of nitriles is 2. The number of aliphatic hydroxyl groups excluding tert-OH is 1. The second kappa shape index (κ2) is 7.42. The Bertz CT molecular complexity index is 757. The summed E-state index contributed by atoms with van der Waals surface area (Å²) in [5.41, 5.74) is 1.99. The summed E-state index contributed by atoms with van der Waals surface area (Å²) in [5.74, 6) is 0. The lowest BCUT2D eigenvalue weighted by Gasteiger charge is -2.16. The standard InChI is InChI=1S/C17H12BrN3O/c18-14-6-7-16(21-11-12(9-19)10-20)15(8-14)17(22)13-4-2-1-3-5-13/h1-8,11,17,21-22H. The Morgan fingerprint density at radius 3 is 2.45 bits per heavy atom. The van der Waals surface area contributed by atoms with E-state index >= 15 is 0 Å². The van der Waals surface area contributed by atoms with Crippen LogP contribution in [0.15, 0.2) is 64.8 Å². The van der Waals surface area contributed by atoms with Gasteiger partial charge in [0.05, 0.1) is 0 Å². The smallest absolute Gasteiger partial charge is 0.145 e. The number of nitrogens with one attached hydrogen (secondary N) is 1. The molecular formula is C17H12BrN3O. The molecule has 0 fully saturated rings. The second-order valence-electron chi connectivity index (χ2n) is 4.47. The zero-order valence-electron chi connectivity index (χ0n) is 11.5. The quantitative estimate of drug-likeness (QED) is 0.817. The van der Waals surface area contributed by atoms with E-state index in [0.717, 1.165) is 10.0 Å². The van der Waals surface area contributed by atoms with Crippen molar-refractivity contribution in [1.82, 2.24) is 0 Å². The molecule has 0 amide bonds. The topological polar surface area (TPSA) is 79.8 Å². The molecule has 2 rings (SSSR count). The molecule has 0 aliphatic rings. The summed E-state index contributed by atoms with van der Waals surface area (Å²) in [4.78, 5) is 0. The number of rotatable bonds is 4. The summed E-state index contributed by atoms with van der Waals surface area (Å²) >= 11 is 3.39. The zero-order chi connectivity index (χ0) is 15.9. The van der Waals surface area contributed by atoms with Crippen LogP contribution in [0.2, 0.25) is 0 Å². The molecule has 0 aliphatic carbocycles. The van der Waals surface area contributed by atoms with Crippen molar-refractivity contribution in [1.29, 1.82) is 10.5 Å². The molecule has 1 unspecified atom stereocenters. The number of nitrogens with zero attached hydrogens (tertiary/aromatic N) is 2. The van der Waals surface area contributed by atoms with Crippen LogP contribution in [-0.4, -0.2) is 5.11 Å². The molecular weight excluding hydrogens is 342 g/mol. The molecule has 0 saturated heterocycles. The van der Waals surface area contributed by atoms with E-state index in [4.69, 9.17) is 10.5 Å². The maximum Gasteiger partial charge on any atom is 0.145 e. The van der Waals surface area contributed by atoms with Crippen LogP contribution in [0.3, 0.4) is 0 Å². The Kier molecular flexibility index (Phi) is 5.32. The van der Waals surface area contributed by atoms with Crippen molar-refractivity contribution in [3.05, 3.63) is 75.9 Å². The third-order valence-corrected chi connectivity index (χ3v) is 3.53. The van der Waals surface area contributed by atoms with E-state index in [-0.39, 0.29) is 5.57 Å². The minimum absolute atomic E-state index is 0.0388. The first kappa shape index (κ1) is 15.8. The van der Waals surface area contributed by atoms with Crippen molar-refractivity contribution < 1.29 is 5.11 Å². The van der Waals surface area contributed by atoms with Gasteiger partial charge in [-0.3, -0.25) is 0 Å². The zero-order valence-corrected chi connectivity index (χ0v) is 13.1. The van der Waals surface area contributed by atoms with E-state index in [2.05, 4.69) is 21.2 Å². The largest absolute Gasteiger partial charge is 0.384 e. The first-order valence-corrected chi connectivity index (χ1v) is 7.24. The third-order valence-electron chi connectivity index (χ3n) is 3.04. The van der Waals surface area contributed by atoms with Crippen molar-refractivity contribution in [2.24, 2.45) is 0 Å². The van der Waals surface area contributed by atoms with E-state index in [1.165, 1.54) is 6.20 Å². The van der Waals surface area contributed by atoms with Gasteiger partial charge in [-0.25, -0.2) is 0 Å². The van der Waals surface area contributed by atoms with Crippen molar-refractivity contribution in [3.63, 3.8) is 0 Å². The number of hydrogen-bond donors (Lipinski definition) is 2. The maximum absolute atomic E-state index is 10.6. The molecule has 0 aliphatic heterocycles. The van der Waals surface area contributed by atoms with Crippen LogP contribution in [0.1, 0.15) is 17.2 Å². The Morgan fingerprint density at radius 2 is 1.82 bits per heavy atom. The van der Waals surface area contributed by atoms with Gasteiger partial charge in [0.15, 0.2) is 0 Å². The van der Waals surface area contributed by atoms with E-state index in [1.807, 2.05) is 36.4 Å². The molecule has 0 spiro atoms. The average Bonchev–Trinajstić information content (AvgIpc) is 2.57. The van der Waals surface area contributed by atoms with Crippen LogP contribution in [0, 0.1) is 22.7 Å². The molecule has 22 heavy (non-hydrogen) atoms. The highest BCUT2D eigenvalue weighted by Gasteiger charge is 2.14. The Balaban J connectivity index is 2.39. The molecule has 108 valence electrons. The normalized spacial score (nSPS) is 10.9. The van der Waals surface area contributed by atoms with E-state index in [0.29, 0.717) is 11.3 Å². The fourth-order valence-electron chi connectivity index (χ4n) is 1.95. The van der Waals surface area contributed by atoms with Gasteiger partial charge in [0.1, 0.15) is 23.8 Å². The highest BCUT2D eigenvalue weighted by atomic mass is 79.9. The number of anilines is 1. The number of allylic oxidation sites excluding steroid dienone is 1. The Labute approximate surface area is 137 Å². The summed E-state index contributed by atoms with van der Waals surface area (Å²) in [6.07, 6.45) is 0.506. The highest BCUT2D eigenvalue weighted by Crippen LogP contribution is 2.31. The molecule has 5 heteroatoms. The van der Waals surface area contributed by atoms with Crippen molar-refractivity contribution in [2.75, 3.05) is 5.32 Å². The number of aliphatic hydroxyl groups is 1. The van der Waals surface area contributed by atoms with Crippen LogP contribution in [0.5, 0.6) is 0 Å². The minimum atomic E-state index is -0.817. The number of hydrogen-bond acceptors (Lipinski definition) is 4. The molecule has 1 atom stereocenters. The average molecular weight is 354 g/mol. The lowest BCUT2D eigenvalue weighted by atomic mass is 10.00. The van der Waals surface area contributed by atoms with Gasteiger partial charge in [-0.15, -0.1) is 0 Å². The number of benzene rings is 2. The van der Waals surface area contributed by atoms with Crippen molar-refractivity contribution in [3.8, 4) is 12.1 Å². The van der Waals surface area contributed by atoms with Crippen molar-refractivity contribution >= 4 is 21.6 Å². The molecule has 4 nitrogen and oxygen atoms in total. The summed E-state index contributed by atoms with van der Waals surface area (Å²) < 4.78 is 0.827. The molecule has 2 aromatic rings. The van der Waals surface area contributed by atoms with Crippen LogP contribution in [-0.2, 0) is 0 Å².